The summed E-state index contributed by atoms with van der Waals surface area (Å²) in [6, 6.07) is 13.3. The number of anilines is 1. The molecule has 0 aliphatic heterocycles. The van der Waals surface area contributed by atoms with Crippen molar-refractivity contribution >= 4 is 23.6 Å². The van der Waals surface area contributed by atoms with Crippen LogP contribution in [0.15, 0.2) is 48.5 Å². The Morgan fingerprint density at radius 1 is 1.07 bits per heavy atom. The number of carbonyl (C=O) groups is 2. The third kappa shape index (κ3) is 6.21. The molecule has 0 unspecified atom stereocenters. The Morgan fingerprint density at radius 2 is 1.79 bits per heavy atom. The maximum absolute atomic E-state index is 12.6. The van der Waals surface area contributed by atoms with Gasteiger partial charge < -0.3 is 14.8 Å². The van der Waals surface area contributed by atoms with Gasteiger partial charge in [-0.3, -0.25) is 4.79 Å². The Hall–Kier alpha value is -3.08. The number of para-hydroxylation sites is 2. The third-order valence-corrected chi connectivity index (χ3v) is 4.46. The number of amides is 1. The SMILES string of the molecule is CCOc1ccccc1/C=C/C(=O)O[C@@H](C)C(=O)Nc1c(C)cccc1C(C)C. The number of ether oxygens (including phenoxy) is 2. The highest BCUT2D eigenvalue weighted by Crippen LogP contribution is 2.27. The first-order valence-corrected chi connectivity index (χ1v) is 9.84. The molecule has 154 valence electrons. The Balaban J connectivity index is 2.03. The zero-order chi connectivity index (χ0) is 21.4. The molecule has 0 spiro atoms. The quantitative estimate of drug-likeness (QED) is 0.499. The van der Waals surface area contributed by atoms with Crippen molar-refractivity contribution in [2.75, 3.05) is 11.9 Å². The van der Waals surface area contributed by atoms with Crippen molar-refractivity contribution in [1.82, 2.24) is 0 Å². The Bertz CT molecular complexity index is 886. The van der Waals surface area contributed by atoms with E-state index < -0.39 is 12.1 Å². The molecular formula is C24H29NO4. The number of hydrogen-bond acceptors (Lipinski definition) is 4. The normalized spacial score (nSPS) is 12.1. The maximum atomic E-state index is 12.6. The van der Waals surface area contributed by atoms with Gasteiger partial charge in [0.25, 0.3) is 5.91 Å². The van der Waals surface area contributed by atoms with E-state index in [1.807, 2.05) is 56.3 Å². The van der Waals surface area contributed by atoms with Crippen LogP contribution in [0.4, 0.5) is 5.69 Å². The molecule has 0 fully saturated rings. The van der Waals surface area contributed by atoms with Crippen LogP contribution in [0.2, 0.25) is 0 Å². The number of benzene rings is 2. The van der Waals surface area contributed by atoms with Crippen molar-refractivity contribution in [3.05, 3.63) is 65.2 Å². The average Bonchev–Trinajstić information content (AvgIpc) is 2.68. The molecule has 5 nitrogen and oxygen atoms in total. The average molecular weight is 395 g/mol. The van der Waals surface area contributed by atoms with Crippen LogP contribution >= 0.6 is 0 Å². The topological polar surface area (TPSA) is 64.6 Å². The summed E-state index contributed by atoms with van der Waals surface area (Å²) in [5, 5.41) is 2.90. The highest BCUT2D eigenvalue weighted by molar-refractivity contribution is 5.97. The Labute approximate surface area is 172 Å². The standard InChI is InChI=1S/C24H29NO4/c1-6-28-21-13-8-7-11-19(21)14-15-22(26)29-18(5)24(27)25-23-17(4)10-9-12-20(23)16(2)3/h7-16,18H,6H2,1-5H3,(H,25,27)/b15-14+/t18-/m0/s1. The smallest absolute Gasteiger partial charge is 0.331 e. The fourth-order valence-electron chi connectivity index (χ4n) is 2.90. The van der Waals surface area contributed by atoms with Crippen molar-refractivity contribution < 1.29 is 19.1 Å². The highest BCUT2D eigenvalue weighted by Gasteiger charge is 2.19. The second-order valence-electron chi connectivity index (χ2n) is 7.07. The number of aryl methyl sites for hydroxylation is 1. The van der Waals surface area contributed by atoms with Crippen LogP contribution in [-0.2, 0) is 14.3 Å². The minimum Gasteiger partial charge on any atom is -0.493 e. The van der Waals surface area contributed by atoms with Gasteiger partial charge in [-0.05, 0) is 50.0 Å². The van der Waals surface area contributed by atoms with E-state index in [0.717, 1.165) is 22.4 Å². The second-order valence-corrected chi connectivity index (χ2v) is 7.07. The zero-order valence-electron chi connectivity index (χ0n) is 17.7. The molecule has 2 aromatic carbocycles. The fourth-order valence-corrected chi connectivity index (χ4v) is 2.90. The summed E-state index contributed by atoms with van der Waals surface area (Å²) in [4.78, 5) is 24.7. The summed E-state index contributed by atoms with van der Waals surface area (Å²) in [6.07, 6.45) is 2.00. The molecular weight excluding hydrogens is 366 g/mol. The van der Waals surface area contributed by atoms with E-state index >= 15 is 0 Å². The number of rotatable bonds is 8. The van der Waals surface area contributed by atoms with Crippen LogP contribution in [0.3, 0.4) is 0 Å². The van der Waals surface area contributed by atoms with E-state index in [2.05, 4.69) is 19.2 Å². The van der Waals surface area contributed by atoms with E-state index in [1.54, 1.807) is 13.0 Å². The summed E-state index contributed by atoms with van der Waals surface area (Å²) in [5.41, 5.74) is 3.56. The van der Waals surface area contributed by atoms with Gasteiger partial charge in [-0.2, -0.15) is 0 Å². The van der Waals surface area contributed by atoms with E-state index in [0.29, 0.717) is 12.4 Å². The lowest BCUT2D eigenvalue weighted by atomic mass is 9.98. The van der Waals surface area contributed by atoms with Crippen molar-refractivity contribution in [3.8, 4) is 5.75 Å². The van der Waals surface area contributed by atoms with Crippen LogP contribution in [-0.4, -0.2) is 24.6 Å². The fraction of sp³-hybridized carbons (Fsp3) is 0.333. The van der Waals surface area contributed by atoms with Gasteiger partial charge in [-0.1, -0.05) is 50.2 Å². The molecule has 2 rings (SSSR count). The van der Waals surface area contributed by atoms with E-state index in [-0.39, 0.29) is 11.8 Å². The molecule has 2 aromatic rings. The van der Waals surface area contributed by atoms with Crippen molar-refractivity contribution in [1.29, 1.82) is 0 Å². The van der Waals surface area contributed by atoms with Gasteiger partial charge in [-0.15, -0.1) is 0 Å². The van der Waals surface area contributed by atoms with Gasteiger partial charge >= 0.3 is 5.97 Å². The summed E-state index contributed by atoms with van der Waals surface area (Å²) in [7, 11) is 0. The lowest BCUT2D eigenvalue weighted by Gasteiger charge is -2.18. The minimum atomic E-state index is -0.922. The van der Waals surface area contributed by atoms with Crippen LogP contribution in [0.1, 0.15) is 50.3 Å². The molecule has 5 heteroatoms. The minimum absolute atomic E-state index is 0.261. The van der Waals surface area contributed by atoms with Crippen molar-refractivity contribution in [3.63, 3.8) is 0 Å². The Kier molecular flexibility index (Phi) is 8.01. The van der Waals surface area contributed by atoms with E-state index in [1.165, 1.54) is 6.08 Å². The maximum Gasteiger partial charge on any atom is 0.331 e. The van der Waals surface area contributed by atoms with E-state index in [9.17, 15) is 9.59 Å². The Morgan fingerprint density at radius 3 is 2.48 bits per heavy atom. The van der Waals surface area contributed by atoms with Gasteiger partial charge in [-0.25, -0.2) is 4.79 Å². The lowest BCUT2D eigenvalue weighted by Crippen LogP contribution is -2.30. The van der Waals surface area contributed by atoms with Crippen molar-refractivity contribution in [2.45, 2.75) is 46.6 Å². The first kappa shape index (κ1) is 22.2. The highest BCUT2D eigenvalue weighted by atomic mass is 16.5. The number of hydrogen-bond donors (Lipinski definition) is 1. The molecule has 1 N–H and O–H groups in total. The second kappa shape index (κ2) is 10.5. The first-order chi connectivity index (χ1) is 13.8. The van der Waals surface area contributed by atoms with Gasteiger partial charge in [0.15, 0.2) is 6.10 Å². The molecule has 1 amide bonds. The molecule has 0 radical (unpaired) electrons. The van der Waals surface area contributed by atoms with Crippen molar-refractivity contribution in [2.24, 2.45) is 0 Å². The van der Waals surface area contributed by atoms with Gasteiger partial charge in [0.2, 0.25) is 0 Å². The zero-order valence-corrected chi connectivity index (χ0v) is 17.7. The molecule has 1 atom stereocenters. The monoisotopic (exact) mass is 395 g/mol. The van der Waals surface area contributed by atoms with Crippen LogP contribution in [0.5, 0.6) is 5.75 Å². The van der Waals surface area contributed by atoms with Gasteiger partial charge in [0.1, 0.15) is 5.75 Å². The van der Waals surface area contributed by atoms with Gasteiger partial charge in [0, 0.05) is 17.3 Å². The molecule has 0 aliphatic rings. The number of carbonyl (C=O) groups excluding carboxylic acids is 2. The third-order valence-electron chi connectivity index (χ3n) is 4.46. The summed E-state index contributed by atoms with van der Waals surface area (Å²) >= 11 is 0. The molecule has 0 saturated carbocycles. The molecule has 29 heavy (non-hydrogen) atoms. The predicted octanol–water partition coefficient (Wildman–Crippen LogP) is 5.10. The van der Waals surface area contributed by atoms with Crippen LogP contribution in [0.25, 0.3) is 6.08 Å². The molecule has 0 heterocycles. The molecule has 0 bridgehead atoms. The molecule has 0 aliphatic carbocycles. The number of nitrogens with one attached hydrogen (secondary N) is 1. The largest absolute Gasteiger partial charge is 0.493 e. The summed E-state index contributed by atoms with van der Waals surface area (Å²) < 4.78 is 10.8. The van der Waals surface area contributed by atoms with Crippen LogP contribution < -0.4 is 10.1 Å². The first-order valence-electron chi connectivity index (χ1n) is 9.84. The molecule has 0 aromatic heterocycles. The van der Waals surface area contributed by atoms with Crippen LogP contribution in [0, 0.1) is 6.92 Å². The predicted molar refractivity (Wildman–Crippen MR) is 116 cm³/mol. The summed E-state index contributed by atoms with van der Waals surface area (Å²) in [6.45, 7) is 10.1. The number of esters is 1. The van der Waals surface area contributed by atoms with Gasteiger partial charge in [0.05, 0.1) is 6.61 Å². The summed E-state index contributed by atoms with van der Waals surface area (Å²) in [5.74, 6) is -0.00695. The lowest BCUT2D eigenvalue weighted by molar-refractivity contribution is -0.148. The molecule has 0 saturated heterocycles. The van der Waals surface area contributed by atoms with E-state index in [4.69, 9.17) is 9.47 Å².